The average molecular weight is 267 g/mol. The summed E-state index contributed by atoms with van der Waals surface area (Å²) in [6.07, 6.45) is 13.2. The predicted molar refractivity (Wildman–Crippen MR) is 80.8 cm³/mol. The lowest BCUT2D eigenvalue weighted by molar-refractivity contribution is -0.150. The van der Waals surface area contributed by atoms with Crippen LogP contribution in [0, 0.1) is 5.41 Å². The third-order valence-corrected chi connectivity index (χ3v) is 3.16. The Kier molecular flexibility index (Phi) is 9.23. The predicted octanol–water partition coefficient (Wildman–Crippen LogP) is 3.60. The standard InChI is InChI=1S/C16H29NO2/c1-5-14(17)12-10-8-6-7-9-11-13-16(2,3)15(18)19-4/h8-11,14H,5-7,12-13,17H2,1-4H3/b10-8+,11-9+. The highest BCUT2D eigenvalue weighted by atomic mass is 16.5. The third-order valence-electron chi connectivity index (χ3n) is 3.16. The number of ether oxygens (including phenoxy) is 1. The number of carbonyl (C=O) groups excluding carboxylic acids is 1. The Morgan fingerprint density at radius 3 is 2.32 bits per heavy atom. The number of methoxy groups -OCH3 is 1. The number of nitrogens with two attached hydrogens (primary N) is 1. The number of unbranched alkanes of at least 4 members (excludes halogenated alkanes) is 1. The molecule has 0 rings (SSSR count). The molecule has 0 aromatic heterocycles. The fourth-order valence-electron chi connectivity index (χ4n) is 1.60. The number of esters is 1. The molecule has 0 aliphatic rings. The Bertz CT molecular complexity index is 306. The van der Waals surface area contributed by atoms with E-state index in [-0.39, 0.29) is 12.0 Å². The van der Waals surface area contributed by atoms with Gasteiger partial charge >= 0.3 is 5.97 Å². The van der Waals surface area contributed by atoms with E-state index < -0.39 is 5.41 Å². The fourth-order valence-corrected chi connectivity index (χ4v) is 1.60. The van der Waals surface area contributed by atoms with Crippen molar-refractivity contribution in [3.8, 4) is 0 Å². The summed E-state index contributed by atoms with van der Waals surface area (Å²) in [6.45, 7) is 5.90. The van der Waals surface area contributed by atoms with E-state index in [4.69, 9.17) is 10.5 Å². The van der Waals surface area contributed by atoms with Gasteiger partial charge in [-0.05, 0) is 46.0 Å². The second-order valence-corrected chi connectivity index (χ2v) is 5.50. The number of rotatable bonds is 9. The summed E-state index contributed by atoms with van der Waals surface area (Å²) >= 11 is 0. The van der Waals surface area contributed by atoms with Gasteiger partial charge in [-0.25, -0.2) is 0 Å². The van der Waals surface area contributed by atoms with Crippen molar-refractivity contribution in [2.45, 2.75) is 58.9 Å². The third kappa shape index (κ3) is 8.60. The highest BCUT2D eigenvalue weighted by Gasteiger charge is 2.26. The molecule has 0 spiro atoms. The lowest BCUT2D eigenvalue weighted by atomic mass is 9.89. The van der Waals surface area contributed by atoms with Crippen LogP contribution in [0.5, 0.6) is 0 Å². The van der Waals surface area contributed by atoms with Crippen molar-refractivity contribution in [2.75, 3.05) is 7.11 Å². The van der Waals surface area contributed by atoms with Crippen LogP contribution in [-0.4, -0.2) is 19.1 Å². The van der Waals surface area contributed by atoms with E-state index in [0.717, 1.165) is 25.7 Å². The first kappa shape index (κ1) is 17.9. The molecule has 0 aromatic carbocycles. The van der Waals surface area contributed by atoms with E-state index in [1.165, 1.54) is 7.11 Å². The Labute approximate surface area is 117 Å². The number of hydrogen-bond donors (Lipinski definition) is 1. The van der Waals surface area contributed by atoms with Gasteiger partial charge in [0.25, 0.3) is 0 Å². The quantitative estimate of drug-likeness (QED) is 0.394. The van der Waals surface area contributed by atoms with Crippen LogP contribution in [0.15, 0.2) is 24.3 Å². The second kappa shape index (κ2) is 9.79. The van der Waals surface area contributed by atoms with Crippen LogP contribution in [0.2, 0.25) is 0 Å². The number of allylic oxidation sites excluding steroid dienone is 3. The molecule has 2 N–H and O–H groups in total. The van der Waals surface area contributed by atoms with Crippen LogP contribution in [0.3, 0.4) is 0 Å². The normalized spacial score (nSPS) is 14.2. The highest BCUT2D eigenvalue weighted by molar-refractivity contribution is 5.75. The molecule has 0 heterocycles. The first-order valence-corrected chi connectivity index (χ1v) is 7.08. The summed E-state index contributed by atoms with van der Waals surface area (Å²) in [7, 11) is 1.43. The number of hydrogen-bond acceptors (Lipinski definition) is 3. The average Bonchev–Trinajstić information content (AvgIpc) is 2.40. The summed E-state index contributed by atoms with van der Waals surface area (Å²) < 4.78 is 4.76. The van der Waals surface area contributed by atoms with Crippen LogP contribution in [0.4, 0.5) is 0 Å². The minimum absolute atomic E-state index is 0.161. The lowest BCUT2D eigenvalue weighted by Gasteiger charge is -2.18. The van der Waals surface area contributed by atoms with Crippen molar-refractivity contribution in [1.82, 2.24) is 0 Å². The molecule has 19 heavy (non-hydrogen) atoms. The Morgan fingerprint density at radius 2 is 1.79 bits per heavy atom. The molecule has 0 fully saturated rings. The molecule has 0 aliphatic heterocycles. The molecule has 0 aromatic rings. The van der Waals surface area contributed by atoms with Gasteiger partial charge in [-0.15, -0.1) is 0 Å². The van der Waals surface area contributed by atoms with Crippen LogP contribution in [-0.2, 0) is 9.53 Å². The summed E-state index contributed by atoms with van der Waals surface area (Å²) in [5, 5.41) is 0. The van der Waals surface area contributed by atoms with Gasteiger partial charge in [-0.3, -0.25) is 4.79 Å². The van der Waals surface area contributed by atoms with Gasteiger partial charge in [0.05, 0.1) is 12.5 Å². The van der Waals surface area contributed by atoms with Gasteiger partial charge < -0.3 is 10.5 Å². The second-order valence-electron chi connectivity index (χ2n) is 5.50. The van der Waals surface area contributed by atoms with Crippen molar-refractivity contribution >= 4 is 5.97 Å². The zero-order valence-corrected chi connectivity index (χ0v) is 12.8. The van der Waals surface area contributed by atoms with E-state index in [1.54, 1.807) is 0 Å². The van der Waals surface area contributed by atoms with E-state index in [1.807, 2.05) is 13.8 Å². The molecular formula is C16H29NO2. The molecule has 3 heteroatoms. The van der Waals surface area contributed by atoms with E-state index in [9.17, 15) is 4.79 Å². The van der Waals surface area contributed by atoms with E-state index in [2.05, 4.69) is 31.2 Å². The van der Waals surface area contributed by atoms with Gasteiger partial charge in [-0.1, -0.05) is 31.2 Å². The van der Waals surface area contributed by atoms with E-state index >= 15 is 0 Å². The summed E-state index contributed by atoms with van der Waals surface area (Å²) in [6, 6.07) is 0.285. The fraction of sp³-hybridized carbons (Fsp3) is 0.688. The number of carbonyl (C=O) groups is 1. The van der Waals surface area contributed by atoms with Crippen LogP contribution in [0.1, 0.15) is 52.9 Å². The zero-order valence-electron chi connectivity index (χ0n) is 12.8. The maximum Gasteiger partial charge on any atom is 0.311 e. The smallest absolute Gasteiger partial charge is 0.311 e. The molecule has 3 nitrogen and oxygen atoms in total. The highest BCUT2D eigenvalue weighted by Crippen LogP contribution is 2.22. The Balaban J connectivity index is 3.78. The first-order chi connectivity index (χ1) is 8.94. The SMILES string of the molecule is CCC(N)C/C=C/CC/C=C/CC(C)(C)C(=O)OC. The maximum atomic E-state index is 11.5. The molecular weight excluding hydrogens is 238 g/mol. The largest absolute Gasteiger partial charge is 0.469 e. The zero-order chi connectivity index (χ0) is 14.7. The molecule has 110 valence electrons. The molecule has 1 atom stereocenters. The van der Waals surface area contributed by atoms with Crippen LogP contribution < -0.4 is 5.73 Å². The van der Waals surface area contributed by atoms with Crippen LogP contribution >= 0.6 is 0 Å². The minimum Gasteiger partial charge on any atom is -0.469 e. The Morgan fingerprint density at radius 1 is 1.21 bits per heavy atom. The molecule has 1 unspecified atom stereocenters. The van der Waals surface area contributed by atoms with Crippen molar-refractivity contribution in [3.05, 3.63) is 24.3 Å². The monoisotopic (exact) mass is 267 g/mol. The molecule has 0 saturated carbocycles. The first-order valence-electron chi connectivity index (χ1n) is 7.08. The van der Waals surface area contributed by atoms with Gasteiger partial charge in [0.15, 0.2) is 0 Å². The topological polar surface area (TPSA) is 52.3 Å². The van der Waals surface area contributed by atoms with Gasteiger partial charge in [0.1, 0.15) is 0 Å². The van der Waals surface area contributed by atoms with Crippen molar-refractivity contribution < 1.29 is 9.53 Å². The molecule has 0 saturated heterocycles. The van der Waals surface area contributed by atoms with Crippen molar-refractivity contribution in [1.29, 1.82) is 0 Å². The molecule has 0 bridgehead atoms. The Hall–Kier alpha value is -1.09. The molecule has 0 radical (unpaired) electrons. The van der Waals surface area contributed by atoms with Gasteiger partial charge in [0.2, 0.25) is 0 Å². The minimum atomic E-state index is -0.436. The van der Waals surface area contributed by atoms with Crippen molar-refractivity contribution in [2.24, 2.45) is 11.1 Å². The molecule has 0 aliphatic carbocycles. The summed E-state index contributed by atoms with van der Waals surface area (Å²) in [5.74, 6) is -0.161. The van der Waals surface area contributed by atoms with Crippen molar-refractivity contribution in [3.63, 3.8) is 0 Å². The van der Waals surface area contributed by atoms with Crippen LogP contribution in [0.25, 0.3) is 0 Å². The lowest BCUT2D eigenvalue weighted by Crippen LogP contribution is -2.24. The summed E-state index contributed by atoms with van der Waals surface area (Å²) in [4.78, 5) is 11.5. The van der Waals surface area contributed by atoms with E-state index in [0.29, 0.717) is 6.42 Å². The van der Waals surface area contributed by atoms with Gasteiger partial charge in [0, 0.05) is 6.04 Å². The summed E-state index contributed by atoms with van der Waals surface area (Å²) in [5.41, 5.74) is 5.38. The maximum absolute atomic E-state index is 11.5. The van der Waals surface area contributed by atoms with Gasteiger partial charge in [-0.2, -0.15) is 0 Å². The molecule has 0 amide bonds.